The molecule has 0 bridgehead atoms. The summed E-state index contributed by atoms with van der Waals surface area (Å²) in [6.07, 6.45) is -5.50. The molecule has 12 nitrogen and oxygen atoms in total. The van der Waals surface area contributed by atoms with Crippen molar-refractivity contribution < 1.29 is 50.9 Å². The second-order valence-electron chi connectivity index (χ2n) is 9.09. The Bertz CT molecular complexity index is 1410. The highest BCUT2D eigenvalue weighted by molar-refractivity contribution is 5.91. The maximum atomic E-state index is 15.0. The van der Waals surface area contributed by atoms with E-state index in [-0.39, 0.29) is 23.1 Å². The number of carboxylic acids is 1. The number of nitrogens with two attached hydrogens (primary N) is 1. The zero-order valence-electron chi connectivity index (χ0n) is 22.0. The lowest BCUT2D eigenvalue weighted by molar-refractivity contribution is -0.192. The van der Waals surface area contributed by atoms with E-state index in [9.17, 15) is 22.8 Å². The van der Waals surface area contributed by atoms with Crippen molar-refractivity contribution in [3.05, 3.63) is 48.2 Å². The second-order valence-corrected chi connectivity index (χ2v) is 9.09. The fourth-order valence-corrected chi connectivity index (χ4v) is 3.44. The first kappa shape index (κ1) is 30.9. The Morgan fingerprint density at radius 2 is 1.83 bits per heavy atom. The summed E-state index contributed by atoms with van der Waals surface area (Å²) in [5, 5.41) is 14.8. The third-order valence-electron chi connectivity index (χ3n) is 5.73. The van der Waals surface area contributed by atoms with Gasteiger partial charge in [-0.1, -0.05) is 19.9 Å². The van der Waals surface area contributed by atoms with Crippen LogP contribution in [-0.2, 0) is 19.1 Å². The number of carbonyl (C=O) groups is 3. The van der Waals surface area contributed by atoms with E-state index in [4.69, 9.17) is 29.5 Å². The Hall–Kier alpha value is -4.60. The molecule has 220 valence electrons. The maximum Gasteiger partial charge on any atom is 0.490 e. The fraction of sp³-hybridized carbons (Fsp3) is 0.360. The number of cyclic esters (lactones) is 1. The first-order chi connectivity index (χ1) is 19.1. The van der Waals surface area contributed by atoms with Crippen molar-refractivity contribution in [1.82, 2.24) is 15.2 Å². The molecule has 1 fully saturated rings. The highest BCUT2D eigenvalue weighted by atomic mass is 19.4. The van der Waals surface area contributed by atoms with Gasteiger partial charge in [0.25, 0.3) is 12.2 Å². The lowest BCUT2D eigenvalue weighted by Gasteiger charge is -2.22. The monoisotopic (exact) mass is 583 g/mol. The molecule has 3 aromatic rings. The van der Waals surface area contributed by atoms with E-state index in [1.54, 1.807) is 45.9 Å². The van der Waals surface area contributed by atoms with E-state index in [1.807, 2.05) is 0 Å². The number of aliphatic carboxylic acids is 1. The summed E-state index contributed by atoms with van der Waals surface area (Å²) < 4.78 is 62.6. The molecule has 0 radical (unpaired) electrons. The topological polar surface area (TPSA) is 171 Å². The summed E-state index contributed by atoms with van der Waals surface area (Å²) >= 11 is 0. The van der Waals surface area contributed by atoms with Crippen molar-refractivity contribution in [3.8, 4) is 22.7 Å². The van der Waals surface area contributed by atoms with Crippen LogP contribution >= 0.6 is 0 Å². The molecular formula is C25H25F4N5O7. The van der Waals surface area contributed by atoms with E-state index in [0.29, 0.717) is 17.1 Å². The Balaban J connectivity index is 0.000000587. The molecule has 1 aromatic carbocycles. The molecule has 2 aromatic heterocycles. The Morgan fingerprint density at radius 1 is 1.17 bits per heavy atom. The number of amides is 1. The van der Waals surface area contributed by atoms with Crippen LogP contribution in [0.5, 0.6) is 0 Å². The van der Waals surface area contributed by atoms with Crippen molar-refractivity contribution in [2.45, 2.75) is 52.2 Å². The van der Waals surface area contributed by atoms with Crippen molar-refractivity contribution in [3.63, 3.8) is 0 Å². The van der Waals surface area contributed by atoms with Crippen molar-refractivity contribution in [2.24, 2.45) is 11.7 Å². The highest BCUT2D eigenvalue weighted by Crippen LogP contribution is 2.32. The summed E-state index contributed by atoms with van der Waals surface area (Å²) in [4.78, 5) is 39.0. The first-order valence-corrected chi connectivity index (χ1v) is 11.9. The van der Waals surface area contributed by atoms with Crippen LogP contribution in [0.1, 0.15) is 26.7 Å². The average molecular weight is 583 g/mol. The van der Waals surface area contributed by atoms with Gasteiger partial charge in [0.1, 0.15) is 23.6 Å². The summed E-state index contributed by atoms with van der Waals surface area (Å²) in [7, 11) is 0. The molecule has 3 N–H and O–H groups in total. The van der Waals surface area contributed by atoms with Crippen LogP contribution in [0.15, 0.2) is 40.9 Å². The standard InChI is InChI=1S/C23H24FN5O5.C2HF3O2/c1-11(2)19(25)21(30)33-22-12(3)29(23(31)34-22)15-6-7-16(17(24)9-15)14-5-8-18(26-10-14)20-28-27-13(4)32-20;3-2(4,5)1(6)7/h5-12,19,22H,25H2,1-4H3;(H,6,7)/t12-,19+,22?;/m1./s1. The molecule has 1 unspecified atom stereocenters. The van der Waals surface area contributed by atoms with E-state index in [1.165, 1.54) is 23.2 Å². The van der Waals surface area contributed by atoms with Crippen LogP contribution in [0.4, 0.5) is 28.0 Å². The van der Waals surface area contributed by atoms with Gasteiger partial charge in [0.15, 0.2) is 0 Å². The van der Waals surface area contributed by atoms with Gasteiger partial charge >= 0.3 is 24.2 Å². The Kier molecular flexibility index (Phi) is 9.27. The quantitative estimate of drug-likeness (QED) is 0.316. The van der Waals surface area contributed by atoms with E-state index in [0.717, 1.165) is 0 Å². The van der Waals surface area contributed by atoms with Gasteiger partial charge in [-0.3, -0.25) is 14.7 Å². The maximum absolute atomic E-state index is 15.0. The summed E-state index contributed by atoms with van der Waals surface area (Å²) in [5.74, 6) is -3.45. The van der Waals surface area contributed by atoms with Crippen LogP contribution in [0.25, 0.3) is 22.7 Å². The molecule has 3 heterocycles. The smallest absolute Gasteiger partial charge is 0.475 e. The zero-order valence-corrected chi connectivity index (χ0v) is 22.0. The number of hydrogen-bond acceptors (Lipinski definition) is 10. The number of benzene rings is 1. The summed E-state index contributed by atoms with van der Waals surface area (Å²) in [6, 6.07) is 6.13. The predicted molar refractivity (Wildman–Crippen MR) is 132 cm³/mol. The van der Waals surface area contributed by atoms with Gasteiger partial charge in [-0.25, -0.2) is 14.0 Å². The number of rotatable bonds is 6. The van der Waals surface area contributed by atoms with Crippen molar-refractivity contribution in [2.75, 3.05) is 4.90 Å². The van der Waals surface area contributed by atoms with Gasteiger partial charge in [-0.05, 0) is 37.1 Å². The molecule has 4 rings (SSSR count). The number of pyridine rings is 1. The number of aryl methyl sites for hydroxylation is 1. The van der Waals surface area contributed by atoms with Crippen LogP contribution in [0.3, 0.4) is 0 Å². The summed E-state index contributed by atoms with van der Waals surface area (Å²) in [5.41, 5.74) is 7.34. The molecule has 0 saturated carbocycles. The van der Waals surface area contributed by atoms with Gasteiger partial charge in [-0.15, -0.1) is 10.2 Å². The largest absolute Gasteiger partial charge is 0.490 e. The minimum atomic E-state index is -5.08. The minimum Gasteiger partial charge on any atom is -0.475 e. The molecule has 1 amide bonds. The molecular weight excluding hydrogens is 558 g/mol. The fourth-order valence-electron chi connectivity index (χ4n) is 3.44. The van der Waals surface area contributed by atoms with Crippen LogP contribution in [0.2, 0.25) is 0 Å². The van der Waals surface area contributed by atoms with E-state index >= 15 is 4.39 Å². The van der Waals surface area contributed by atoms with Crippen molar-refractivity contribution in [1.29, 1.82) is 0 Å². The molecule has 16 heteroatoms. The number of aromatic nitrogens is 3. The number of carboxylic acid groups (broad SMARTS) is 1. The zero-order chi connectivity index (χ0) is 30.6. The number of esters is 1. The molecule has 41 heavy (non-hydrogen) atoms. The number of nitrogens with zero attached hydrogens (tertiary/aromatic N) is 4. The van der Waals surface area contributed by atoms with Gasteiger partial charge in [0, 0.05) is 24.2 Å². The van der Waals surface area contributed by atoms with Crippen LogP contribution < -0.4 is 10.6 Å². The minimum absolute atomic E-state index is 0.141. The molecule has 1 saturated heterocycles. The second kappa shape index (κ2) is 12.3. The summed E-state index contributed by atoms with van der Waals surface area (Å²) in [6.45, 7) is 6.87. The third kappa shape index (κ3) is 7.33. The van der Waals surface area contributed by atoms with Crippen LogP contribution in [0, 0.1) is 18.7 Å². The molecule has 0 aliphatic carbocycles. The van der Waals surface area contributed by atoms with Crippen molar-refractivity contribution >= 4 is 23.7 Å². The van der Waals surface area contributed by atoms with Gasteiger partial charge in [-0.2, -0.15) is 13.2 Å². The third-order valence-corrected chi connectivity index (χ3v) is 5.73. The normalized spacial score (nSPS) is 17.5. The van der Waals surface area contributed by atoms with Gasteiger partial charge < -0.3 is 24.7 Å². The van der Waals surface area contributed by atoms with Gasteiger partial charge in [0.2, 0.25) is 5.89 Å². The number of hydrogen-bond donors (Lipinski definition) is 2. The van der Waals surface area contributed by atoms with E-state index < -0.39 is 48.4 Å². The molecule has 1 aliphatic heterocycles. The lowest BCUT2D eigenvalue weighted by Crippen LogP contribution is -2.42. The van der Waals surface area contributed by atoms with E-state index in [2.05, 4.69) is 15.2 Å². The Labute approximate surface area is 230 Å². The SMILES string of the molecule is Cc1nnc(-c2ccc(-c3ccc(N4C(=O)OC(OC(=O)[C@@H](N)C(C)C)[C@H]4C)cc3F)cn2)o1.O=C(O)C(F)(F)F. The number of anilines is 1. The molecule has 0 spiro atoms. The number of alkyl halides is 3. The van der Waals surface area contributed by atoms with Crippen LogP contribution in [-0.4, -0.2) is 62.9 Å². The Morgan fingerprint density at radius 3 is 2.32 bits per heavy atom. The first-order valence-electron chi connectivity index (χ1n) is 11.9. The molecule has 1 aliphatic rings. The average Bonchev–Trinajstić information content (AvgIpc) is 3.45. The number of ether oxygens (including phenoxy) is 2. The number of halogens is 4. The molecule has 3 atom stereocenters. The van der Waals surface area contributed by atoms with Gasteiger partial charge in [0.05, 0.1) is 5.69 Å². The number of carbonyl (C=O) groups excluding carboxylic acids is 2. The predicted octanol–water partition coefficient (Wildman–Crippen LogP) is 4.08. The lowest BCUT2D eigenvalue weighted by atomic mass is 10.1. The highest BCUT2D eigenvalue weighted by Gasteiger charge is 2.43.